The lowest BCUT2D eigenvalue weighted by atomic mass is 10.3. The van der Waals surface area contributed by atoms with Gasteiger partial charge in [-0.2, -0.15) is 0 Å². The van der Waals surface area contributed by atoms with Crippen LogP contribution in [0.5, 0.6) is 0 Å². The van der Waals surface area contributed by atoms with Crippen molar-refractivity contribution in [2.75, 3.05) is 5.32 Å². The molecule has 142 valence electrons. The molecule has 8 nitrogen and oxygen atoms in total. The van der Waals surface area contributed by atoms with Crippen LogP contribution in [0.3, 0.4) is 0 Å². The Labute approximate surface area is 171 Å². The van der Waals surface area contributed by atoms with Gasteiger partial charge in [0.05, 0.1) is 30.6 Å². The van der Waals surface area contributed by atoms with Gasteiger partial charge in [0.15, 0.2) is 10.9 Å². The molecule has 0 aromatic carbocycles. The molecule has 0 radical (unpaired) electrons. The topological polar surface area (TPSA) is 102 Å². The predicted molar refractivity (Wildman–Crippen MR) is 107 cm³/mol. The highest BCUT2D eigenvalue weighted by atomic mass is 79.9. The first kappa shape index (κ1) is 18.4. The number of nitrogens with one attached hydrogen (secondary N) is 2. The number of furan rings is 1. The maximum Gasteiger partial charge on any atom is 0.293 e. The summed E-state index contributed by atoms with van der Waals surface area (Å²) in [5, 5.41) is 7.62. The first-order valence-corrected chi connectivity index (χ1v) is 9.93. The van der Waals surface area contributed by atoms with Crippen molar-refractivity contribution in [3.63, 3.8) is 0 Å². The lowest BCUT2D eigenvalue weighted by Gasteiger charge is -2.01. The Hall–Kier alpha value is -2.98. The van der Waals surface area contributed by atoms with Gasteiger partial charge in [-0.1, -0.05) is 0 Å². The number of imidazole rings is 1. The van der Waals surface area contributed by atoms with Crippen molar-refractivity contribution in [3.8, 4) is 0 Å². The van der Waals surface area contributed by atoms with Crippen LogP contribution in [0.15, 0.2) is 57.2 Å². The zero-order chi connectivity index (χ0) is 19.5. The van der Waals surface area contributed by atoms with Gasteiger partial charge in [-0.05, 0) is 40.2 Å². The molecule has 10 heteroatoms. The summed E-state index contributed by atoms with van der Waals surface area (Å²) in [6.45, 7) is 0.324. The molecule has 0 fully saturated rings. The van der Waals surface area contributed by atoms with Crippen molar-refractivity contribution in [3.05, 3.63) is 69.9 Å². The van der Waals surface area contributed by atoms with Crippen LogP contribution in [0.25, 0.3) is 5.65 Å². The molecular formula is C18H14BrN5O3S. The molecular weight excluding hydrogens is 446 g/mol. The second kappa shape index (κ2) is 7.95. The minimum absolute atomic E-state index is 0.117. The Kier molecular flexibility index (Phi) is 5.22. The summed E-state index contributed by atoms with van der Waals surface area (Å²) < 4.78 is 7.87. The van der Waals surface area contributed by atoms with E-state index in [1.165, 1.54) is 17.6 Å². The Morgan fingerprint density at radius 2 is 2.07 bits per heavy atom. The van der Waals surface area contributed by atoms with Crippen molar-refractivity contribution >= 4 is 49.9 Å². The van der Waals surface area contributed by atoms with Crippen LogP contribution in [-0.4, -0.2) is 26.2 Å². The Balaban J connectivity index is 1.31. The minimum Gasteiger partial charge on any atom is -0.459 e. The van der Waals surface area contributed by atoms with E-state index in [4.69, 9.17) is 4.42 Å². The summed E-state index contributed by atoms with van der Waals surface area (Å²) in [7, 11) is 0. The standard InChI is InChI=1S/C18H14BrN5O3S/c19-11-3-4-15-21-13(9-24(15)8-11)7-20-16(25)6-12-10-28-18(22-12)23-17(26)14-2-1-5-27-14/h1-5,8-10H,6-7H2,(H,20,25)(H,22,23,26). The number of pyridine rings is 1. The lowest BCUT2D eigenvalue weighted by molar-refractivity contribution is -0.120. The van der Waals surface area contributed by atoms with Crippen molar-refractivity contribution in [1.82, 2.24) is 19.7 Å². The van der Waals surface area contributed by atoms with E-state index in [1.807, 2.05) is 28.9 Å². The molecule has 0 spiro atoms. The normalized spacial score (nSPS) is 10.9. The molecule has 0 saturated heterocycles. The molecule has 4 heterocycles. The molecule has 2 N–H and O–H groups in total. The zero-order valence-electron chi connectivity index (χ0n) is 14.4. The Bertz CT molecular complexity index is 1140. The van der Waals surface area contributed by atoms with Crippen molar-refractivity contribution in [2.24, 2.45) is 0 Å². The number of nitrogens with zero attached hydrogens (tertiary/aromatic N) is 3. The molecule has 0 aliphatic carbocycles. The van der Waals surface area contributed by atoms with E-state index in [1.54, 1.807) is 17.5 Å². The van der Waals surface area contributed by atoms with Crippen LogP contribution in [0.4, 0.5) is 5.13 Å². The van der Waals surface area contributed by atoms with Gasteiger partial charge in [0.25, 0.3) is 5.91 Å². The number of carbonyl (C=O) groups is 2. The predicted octanol–water partition coefficient (Wildman–Crippen LogP) is 3.26. The Morgan fingerprint density at radius 1 is 1.18 bits per heavy atom. The summed E-state index contributed by atoms with van der Waals surface area (Å²) in [6, 6.07) is 7.00. The molecule has 0 atom stereocenters. The summed E-state index contributed by atoms with van der Waals surface area (Å²) >= 11 is 4.66. The molecule has 0 bridgehead atoms. The molecule has 4 aromatic rings. The lowest BCUT2D eigenvalue weighted by Crippen LogP contribution is -2.24. The largest absolute Gasteiger partial charge is 0.459 e. The van der Waals surface area contributed by atoms with E-state index in [0.29, 0.717) is 17.4 Å². The number of hydrogen-bond donors (Lipinski definition) is 2. The number of carbonyl (C=O) groups excluding carboxylic acids is 2. The third kappa shape index (κ3) is 4.29. The van der Waals surface area contributed by atoms with Gasteiger partial charge in [0.1, 0.15) is 5.65 Å². The number of thiazole rings is 1. The summed E-state index contributed by atoms with van der Waals surface area (Å²) in [4.78, 5) is 32.8. The fourth-order valence-corrected chi connectivity index (χ4v) is 3.59. The third-order valence-electron chi connectivity index (χ3n) is 3.79. The number of halogens is 1. The van der Waals surface area contributed by atoms with E-state index in [-0.39, 0.29) is 24.0 Å². The van der Waals surface area contributed by atoms with Gasteiger partial charge < -0.3 is 14.1 Å². The van der Waals surface area contributed by atoms with Crippen LogP contribution in [-0.2, 0) is 17.8 Å². The molecule has 0 unspecified atom stereocenters. The van der Waals surface area contributed by atoms with E-state index >= 15 is 0 Å². The summed E-state index contributed by atoms with van der Waals surface area (Å²) in [6.07, 6.45) is 5.31. The fraction of sp³-hybridized carbons (Fsp3) is 0.111. The van der Waals surface area contributed by atoms with Crippen LogP contribution >= 0.6 is 27.3 Å². The van der Waals surface area contributed by atoms with Crippen molar-refractivity contribution in [2.45, 2.75) is 13.0 Å². The number of anilines is 1. The molecule has 4 rings (SSSR count). The summed E-state index contributed by atoms with van der Waals surface area (Å²) in [5.74, 6) is -0.352. The maximum atomic E-state index is 12.2. The van der Waals surface area contributed by atoms with Gasteiger partial charge in [-0.3, -0.25) is 14.9 Å². The van der Waals surface area contributed by atoms with E-state index in [2.05, 4.69) is 36.5 Å². The van der Waals surface area contributed by atoms with Crippen LogP contribution < -0.4 is 10.6 Å². The van der Waals surface area contributed by atoms with Crippen LogP contribution in [0.1, 0.15) is 21.9 Å². The third-order valence-corrected chi connectivity index (χ3v) is 5.07. The maximum absolute atomic E-state index is 12.2. The number of hydrogen-bond acceptors (Lipinski definition) is 6. The molecule has 28 heavy (non-hydrogen) atoms. The number of rotatable bonds is 6. The first-order valence-electron chi connectivity index (χ1n) is 8.26. The monoisotopic (exact) mass is 459 g/mol. The van der Waals surface area contributed by atoms with Crippen LogP contribution in [0.2, 0.25) is 0 Å². The average molecular weight is 460 g/mol. The minimum atomic E-state index is -0.381. The highest BCUT2D eigenvalue weighted by molar-refractivity contribution is 9.10. The van der Waals surface area contributed by atoms with Gasteiger partial charge in [0, 0.05) is 22.2 Å². The van der Waals surface area contributed by atoms with Gasteiger partial charge in [0.2, 0.25) is 5.91 Å². The smallest absolute Gasteiger partial charge is 0.293 e. The number of amides is 2. The number of fused-ring (bicyclic) bond motifs is 1. The van der Waals surface area contributed by atoms with E-state index < -0.39 is 0 Å². The van der Waals surface area contributed by atoms with Gasteiger partial charge >= 0.3 is 0 Å². The fourth-order valence-electron chi connectivity index (χ4n) is 2.53. The summed E-state index contributed by atoms with van der Waals surface area (Å²) in [5.41, 5.74) is 2.15. The average Bonchev–Trinajstić information content (AvgIpc) is 3.40. The van der Waals surface area contributed by atoms with Gasteiger partial charge in [-0.25, -0.2) is 9.97 Å². The SMILES string of the molecule is O=C(Cc1csc(NC(=O)c2ccco2)n1)NCc1cn2cc(Br)ccc2n1. The van der Waals surface area contributed by atoms with Gasteiger partial charge in [-0.15, -0.1) is 11.3 Å². The highest BCUT2D eigenvalue weighted by Gasteiger charge is 2.13. The van der Waals surface area contributed by atoms with Crippen molar-refractivity contribution < 1.29 is 14.0 Å². The molecule has 4 aromatic heterocycles. The second-order valence-corrected chi connectivity index (χ2v) is 7.65. The Morgan fingerprint density at radius 3 is 2.89 bits per heavy atom. The molecule has 0 aliphatic rings. The second-order valence-electron chi connectivity index (χ2n) is 5.87. The first-order chi connectivity index (χ1) is 13.6. The number of aromatic nitrogens is 3. The van der Waals surface area contributed by atoms with Crippen molar-refractivity contribution in [1.29, 1.82) is 0 Å². The van der Waals surface area contributed by atoms with Crippen LogP contribution in [0, 0.1) is 0 Å². The highest BCUT2D eigenvalue weighted by Crippen LogP contribution is 2.17. The molecule has 0 aliphatic heterocycles. The molecule has 0 saturated carbocycles. The van der Waals surface area contributed by atoms with E-state index in [9.17, 15) is 9.59 Å². The zero-order valence-corrected chi connectivity index (χ0v) is 16.8. The molecule has 2 amide bonds. The van der Waals surface area contributed by atoms with E-state index in [0.717, 1.165) is 15.8 Å². The quantitative estimate of drug-likeness (QED) is 0.460.